The van der Waals surface area contributed by atoms with E-state index >= 15 is 0 Å². The molecule has 0 bridgehead atoms. The number of nitrogen functional groups attached to an aromatic ring is 1. The number of hydrogen-bond acceptors (Lipinski definition) is 8. The Labute approximate surface area is 163 Å². The van der Waals surface area contributed by atoms with Crippen molar-refractivity contribution < 1.29 is 9.47 Å². The second kappa shape index (κ2) is 7.52. The largest absolute Gasteiger partial charge is 0.496 e. The third-order valence-electron chi connectivity index (χ3n) is 5.41. The van der Waals surface area contributed by atoms with E-state index in [1.165, 1.54) is 6.42 Å². The number of ether oxygens (including phenoxy) is 2. The van der Waals surface area contributed by atoms with Gasteiger partial charge in [0.1, 0.15) is 11.6 Å². The molecule has 0 radical (unpaired) electrons. The highest BCUT2D eigenvalue weighted by atomic mass is 32.2. The van der Waals surface area contributed by atoms with Crippen molar-refractivity contribution in [3.8, 4) is 17.0 Å². The SMILES string of the molecule is COc1cc(N)ncc1-c1cc(C2(SC)CCC2)nc(N2CCOCC2)n1. The molecular formula is C19H25N5O2S. The van der Waals surface area contributed by atoms with Crippen LogP contribution in [0.15, 0.2) is 18.3 Å². The van der Waals surface area contributed by atoms with Gasteiger partial charge in [0.05, 0.1) is 42.0 Å². The van der Waals surface area contributed by atoms with Gasteiger partial charge in [-0.05, 0) is 31.6 Å². The zero-order valence-corrected chi connectivity index (χ0v) is 16.6. The van der Waals surface area contributed by atoms with E-state index in [1.807, 2.05) is 11.8 Å². The minimum absolute atomic E-state index is 0.0766. The average Bonchev–Trinajstić information content (AvgIpc) is 2.68. The zero-order chi connectivity index (χ0) is 18.9. The highest BCUT2D eigenvalue weighted by molar-refractivity contribution is 7.99. The van der Waals surface area contributed by atoms with Gasteiger partial charge in [0.15, 0.2) is 0 Å². The van der Waals surface area contributed by atoms with Gasteiger partial charge in [0.25, 0.3) is 0 Å². The maximum atomic E-state index is 5.83. The Balaban J connectivity index is 1.83. The second-order valence-electron chi connectivity index (χ2n) is 6.90. The van der Waals surface area contributed by atoms with E-state index in [4.69, 9.17) is 25.2 Å². The minimum atomic E-state index is 0.0766. The van der Waals surface area contributed by atoms with Crippen molar-refractivity contribution in [2.75, 3.05) is 50.3 Å². The Morgan fingerprint density at radius 2 is 2.00 bits per heavy atom. The molecule has 4 rings (SSSR count). The van der Waals surface area contributed by atoms with E-state index in [9.17, 15) is 0 Å². The van der Waals surface area contributed by atoms with Gasteiger partial charge >= 0.3 is 0 Å². The summed E-state index contributed by atoms with van der Waals surface area (Å²) in [5.74, 6) is 1.86. The summed E-state index contributed by atoms with van der Waals surface area (Å²) in [7, 11) is 1.64. The molecule has 2 aromatic heterocycles. The van der Waals surface area contributed by atoms with Crippen LogP contribution in [0.4, 0.5) is 11.8 Å². The van der Waals surface area contributed by atoms with Crippen molar-refractivity contribution in [2.24, 2.45) is 0 Å². The van der Waals surface area contributed by atoms with Crippen molar-refractivity contribution in [3.05, 3.63) is 24.0 Å². The first-order valence-electron chi connectivity index (χ1n) is 9.22. The Morgan fingerprint density at radius 1 is 1.22 bits per heavy atom. The van der Waals surface area contributed by atoms with Crippen LogP contribution in [0.2, 0.25) is 0 Å². The van der Waals surface area contributed by atoms with Crippen LogP contribution in [0.3, 0.4) is 0 Å². The second-order valence-corrected chi connectivity index (χ2v) is 8.09. The minimum Gasteiger partial charge on any atom is -0.496 e. The van der Waals surface area contributed by atoms with Crippen molar-refractivity contribution >= 4 is 23.5 Å². The summed E-state index contributed by atoms with van der Waals surface area (Å²) in [5.41, 5.74) is 8.58. The fraction of sp³-hybridized carbons (Fsp3) is 0.526. The highest BCUT2D eigenvalue weighted by Crippen LogP contribution is 2.51. The topological polar surface area (TPSA) is 86.4 Å². The van der Waals surface area contributed by atoms with Crippen LogP contribution in [0.1, 0.15) is 25.0 Å². The standard InChI is InChI=1S/C19H25N5O2S/c1-25-15-11-17(20)21-12-13(15)14-10-16(19(27-2)4-3-5-19)23-18(22-14)24-6-8-26-9-7-24/h10-12H,3-9H2,1-2H3,(H2,20,21). The summed E-state index contributed by atoms with van der Waals surface area (Å²) in [4.78, 5) is 16.3. The number of methoxy groups -OCH3 is 1. The van der Waals surface area contributed by atoms with Gasteiger partial charge in [-0.25, -0.2) is 15.0 Å². The number of nitrogens with two attached hydrogens (primary N) is 1. The monoisotopic (exact) mass is 387 g/mol. The molecule has 1 saturated carbocycles. The molecule has 2 aliphatic rings. The number of rotatable bonds is 5. The third-order valence-corrected chi connectivity index (χ3v) is 6.81. The zero-order valence-electron chi connectivity index (χ0n) is 15.8. The molecule has 0 aromatic carbocycles. The lowest BCUT2D eigenvalue weighted by Gasteiger charge is -2.40. The fourth-order valence-corrected chi connectivity index (χ4v) is 4.60. The van der Waals surface area contributed by atoms with E-state index in [0.29, 0.717) is 24.8 Å². The maximum Gasteiger partial charge on any atom is 0.226 e. The average molecular weight is 388 g/mol. The van der Waals surface area contributed by atoms with Crippen LogP contribution >= 0.6 is 11.8 Å². The van der Waals surface area contributed by atoms with Gasteiger partial charge in [-0.1, -0.05) is 0 Å². The van der Waals surface area contributed by atoms with Crippen LogP contribution in [-0.4, -0.2) is 54.6 Å². The molecule has 27 heavy (non-hydrogen) atoms. The van der Waals surface area contributed by atoms with Gasteiger partial charge in [-0.15, -0.1) is 0 Å². The number of morpholine rings is 1. The molecule has 2 aromatic rings. The smallest absolute Gasteiger partial charge is 0.226 e. The molecule has 0 spiro atoms. The Bertz CT molecular complexity index is 816. The Hall–Kier alpha value is -2.06. The maximum absolute atomic E-state index is 5.83. The van der Waals surface area contributed by atoms with E-state index in [0.717, 1.165) is 48.8 Å². The first-order valence-corrected chi connectivity index (χ1v) is 10.4. The van der Waals surface area contributed by atoms with E-state index < -0.39 is 0 Å². The van der Waals surface area contributed by atoms with Crippen molar-refractivity contribution in [1.29, 1.82) is 0 Å². The lowest BCUT2D eigenvalue weighted by atomic mass is 9.81. The molecule has 8 heteroatoms. The highest BCUT2D eigenvalue weighted by Gasteiger charge is 2.40. The lowest BCUT2D eigenvalue weighted by Crippen LogP contribution is -2.38. The van der Waals surface area contributed by atoms with Gasteiger partial charge in [-0.2, -0.15) is 11.8 Å². The van der Waals surface area contributed by atoms with Gasteiger partial charge in [0, 0.05) is 25.4 Å². The number of anilines is 2. The Kier molecular flexibility index (Phi) is 5.10. The molecule has 1 aliphatic heterocycles. The molecule has 2 N–H and O–H groups in total. The number of hydrogen-bond donors (Lipinski definition) is 1. The molecule has 1 saturated heterocycles. The summed E-state index contributed by atoms with van der Waals surface area (Å²) >= 11 is 1.88. The molecule has 1 aliphatic carbocycles. The normalized spacial score (nSPS) is 18.8. The summed E-state index contributed by atoms with van der Waals surface area (Å²) < 4.78 is 11.1. The van der Waals surface area contributed by atoms with Gasteiger partial charge in [-0.3, -0.25) is 0 Å². The molecule has 0 unspecified atom stereocenters. The summed E-state index contributed by atoms with van der Waals surface area (Å²) in [6.45, 7) is 2.99. The van der Waals surface area contributed by atoms with Crippen LogP contribution in [0, 0.1) is 0 Å². The van der Waals surface area contributed by atoms with Crippen molar-refractivity contribution in [1.82, 2.24) is 15.0 Å². The van der Waals surface area contributed by atoms with E-state index in [-0.39, 0.29) is 4.75 Å². The predicted molar refractivity (Wildman–Crippen MR) is 108 cm³/mol. The molecule has 144 valence electrons. The molecule has 0 atom stereocenters. The number of pyridine rings is 1. The van der Waals surface area contributed by atoms with Crippen LogP contribution < -0.4 is 15.4 Å². The predicted octanol–water partition coefficient (Wildman–Crippen LogP) is 2.71. The molecule has 3 heterocycles. The summed E-state index contributed by atoms with van der Waals surface area (Å²) in [6, 6.07) is 3.83. The summed E-state index contributed by atoms with van der Waals surface area (Å²) in [6.07, 6.45) is 7.42. The van der Waals surface area contributed by atoms with E-state index in [2.05, 4.69) is 22.2 Å². The molecule has 2 fully saturated rings. The molecular weight excluding hydrogens is 362 g/mol. The van der Waals surface area contributed by atoms with Gasteiger partial charge < -0.3 is 20.1 Å². The van der Waals surface area contributed by atoms with Crippen molar-refractivity contribution in [3.63, 3.8) is 0 Å². The van der Waals surface area contributed by atoms with E-state index in [1.54, 1.807) is 19.4 Å². The van der Waals surface area contributed by atoms with Crippen molar-refractivity contribution in [2.45, 2.75) is 24.0 Å². The number of thioether (sulfide) groups is 1. The first kappa shape index (κ1) is 18.3. The summed E-state index contributed by atoms with van der Waals surface area (Å²) in [5, 5.41) is 0. The fourth-order valence-electron chi connectivity index (χ4n) is 3.59. The number of aromatic nitrogens is 3. The van der Waals surface area contributed by atoms with Crippen LogP contribution in [-0.2, 0) is 9.48 Å². The number of nitrogens with zero attached hydrogens (tertiary/aromatic N) is 4. The lowest BCUT2D eigenvalue weighted by molar-refractivity contribution is 0.122. The van der Waals surface area contributed by atoms with Gasteiger partial charge in [0.2, 0.25) is 5.95 Å². The van der Waals surface area contributed by atoms with Crippen LogP contribution in [0.5, 0.6) is 5.75 Å². The molecule has 7 nitrogen and oxygen atoms in total. The first-order chi connectivity index (χ1) is 13.1. The Morgan fingerprint density at radius 3 is 2.63 bits per heavy atom. The third kappa shape index (κ3) is 3.43. The molecule has 0 amide bonds. The van der Waals surface area contributed by atoms with Crippen LogP contribution in [0.25, 0.3) is 11.3 Å². The quantitative estimate of drug-likeness (QED) is 0.838.